The number of rotatable bonds is 17. The molecule has 60 heavy (non-hydrogen) atoms. The van der Waals surface area contributed by atoms with E-state index < -0.39 is 47.4 Å². The fourth-order valence-electron chi connectivity index (χ4n) is 10.2. The fourth-order valence-corrected chi connectivity index (χ4v) is 11.8. The van der Waals surface area contributed by atoms with Crippen LogP contribution >= 0.6 is 11.8 Å². The number of thioether (sulfide) groups is 1. The maximum atomic E-state index is 13.9. The van der Waals surface area contributed by atoms with E-state index in [1.165, 1.54) is 90.0 Å². The highest BCUT2D eigenvalue weighted by Crippen LogP contribution is 2.62. The van der Waals surface area contributed by atoms with Crippen LogP contribution in [0.3, 0.4) is 0 Å². The lowest BCUT2D eigenvalue weighted by Crippen LogP contribution is -2.69. The summed E-state index contributed by atoms with van der Waals surface area (Å²) >= 11 is 1.43. The van der Waals surface area contributed by atoms with Crippen LogP contribution in [-0.4, -0.2) is 78.3 Å². The van der Waals surface area contributed by atoms with E-state index in [1.807, 2.05) is 19.9 Å². The van der Waals surface area contributed by atoms with Gasteiger partial charge in [-0.1, -0.05) is 90.0 Å². The lowest BCUT2D eigenvalue weighted by molar-refractivity contribution is -0.151. The topological polar surface area (TPSA) is 169 Å². The van der Waals surface area contributed by atoms with Gasteiger partial charge in [0.05, 0.1) is 30.5 Å². The van der Waals surface area contributed by atoms with E-state index in [0.717, 1.165) is 30.4 Å². The Bertz CT molecular complexity index is 1970. The summed E-state index contributed by atoms with van der Waals surface area (Å²) in [5.41, 5.74) is 4.30. The number of hydrogen-bond acceptors (Lipinski definition) is 13. The summed E-state index contributed by atoms with van der Waals surface area (Å²) in [6.07, 6.45) is 16.5. The Morgan fingerprint density at radius 2 is 1.63 bits per heavy atom. The zero-order chi connectivity index (χ0) is 42.5. The van der Waals surface area contributed by atoms with Gasteiger partial charge in [0.2, 0.25) is 12.7 Å². The van der Waals surface area contributed by atoms with Gasteiger partial charge in [0.25, 0.3) is 0 Å². The van der Waals surface area contributed by atoms with Crippen molar-refractivity contribution >= 4 is 29.6 Å². The van der Waals surface area contributed by atoms with Crippen LogP contribution in [0, 0.1) is 25.2 Å². The fraction of sp³-hybridized carbons (Fsp3) is 0.652. The summed E-state index contributed by atoms with van der Waals surface area (Å²) in [6.45, 7) is 7.09. The lowest BCUT2D eigenvalue weighted by atomic mass is 9.72. The predicted octanol–water partition coefficient (Wildman–Crippen LogP) is 7.86. The van der Waals surface area contributed by atoms with Crippen LogP contribution in [0.25, 0.3) is 0 Å². The number of carbonyl (C=O) groups excluding carboxylic acids is 3. The number of piperazine rings is 1. The first-order valence-corrected chi connectivity index (χ1v) is 23.2. The van der Waals surface area contributed by atoms with Gasteiger partial charge in [0, 0.05) is 53.4 Å². The van der Waals surface area contributed by atoms with Crippen molar-refractivity contribution in [2.45, 2.75) is 166 Å². The quantitative estimate of drug-likeness (QED) is 0.0801. The molecule has 0 spiro atoms. The first kappa shape index (κ1) is 43.9. The largest absolute Gasteiger partial charge is 0.504 e. The molecule has 2 saturated heterocycles. The Labute approximate surface area is 358 Å². The number of nitrogens with one attached hydrogen (secondary N) is 2. The summed E-state index contributed by atoms with van der Waals surface area (Å²) in [7, 11) is 1.53. The number of esters is 2. The van der Waals surface area contributed by atoms with E-state index in [1.54, 1.807) is 0 Å². The Hall–Kier alpha value is -4.19. The van der Waals surface area contributed by atoms with E-state index >= 15 is 0 Å². The van der Waals surface area contributed by atoms with Gasteiger partial charge in [-0.2, -0.15) is 5.26 Å². The molecule has 0 aliphatic carbocycles. The molecule has 0 aromatic heterocycles. The molecule has 4 bridgehead atoms. The Morgan fingerprint density at radius 3 is 2.28 bits per heavy atom. The van der Waals surface area contributed by atoms with Crippen LogP contribution in [0.15, 0.2) is 6.07 Å². The van der Waals surface area contributed by atoms with Crippen molar-refractivity contribution in [3.8, 4) is 34.8 Å². The van der Waals surface area contributed by atoms with Gasteiger partial charge in [-0.05, 0) is 37.8 Å². The average molecular weight is 847 g/mol. The molecule has 6 heterocycles. The van der Waals surface area contributed by atoms with Gasteiger partial charge in [-0.3, -0.25) is 14.5 Å². The summed E-state index contributed by atoms with van der Waals surface area (Å²) in [6, 6.07) is 0.866. The smallest absolute Gasteiger partial charge is 0.329 e. The van der Waals surface area contributed by atoms with E-state index in [2.05, 4.69) is 28.5 Å². The van der Waals surface area contributed by atoms with Gasteiger partial charge in [0.15, 0.2) is 23.0 Å². The van der Waals surface area contributed by atoms with Gasteiger partial charge in [-0.25, -0.2) is 4.79 Å². The second-order valence-electron chi connectivity index (χ2n) is 17.1. The number of ether oxygens (including phenoxy) is 5. The van der Waals surface area contributed by atoms with Gasteiger partial charge < -0.3 is 39.4 Å². The molecule has 326 valence electrons. The molecule has 0 radical (unpaired) electrons. The zero-order valence-electron chi connectivity index (χ0n) is 35.9. The van der Waals surface area contributed by atoms with Crippen LogP contribution in [0.5, 0.6) is 28.7 Å². The van der Waals surface area contributed by atoms with Crippen molar-refractivity contribution < 1.29 is 43.2 Å². The molecule has 2 fully saturated rings. The number of phenols is 1. The third kappa shape index (κ3) is 8.77. The number of aromatic hydroxyl groups is 1. The van der Waals surface area contributed by atoms with Gasteiger partial charge in [0.1, 0.15) is 24.4 Å². The SMILES string of the molecule is CCCCCCCCCCCCCCCC(=O)NC1CS[C@@H]2c3c(OC(C)=O)c(C)c4c(c3[C@H](COC1=O)N1C2[C@H]2N[C@H](Cc3cc(C)c(OC)c(O)c32)[C@@H]1C#N)OCO4. The molecule has 2 unspecified atom stereocenters. The standard InChI is InChI=1S/C46H62N4O9S/c1-6-7-8-9-10-11-12-13-14-15-16-17-18-19-34(52)48-31-24-60-45-37-36(44-43(57-25-58-44)27(3)42(37)59-28(4)51)33(23-56-46(31)54)50-32(22-47)30-21-29-20-26(2)41(55-5)40(53)35(29)38(49-30)39(45)50/h20,30-33,38-39,45,49,53H,6-19,21,23-25H2,1-5H3,(H,48,52)/t30-,31?,32+,33+,38+,39?,45-/m1/s1. The second kappa shape index (κ2) is 19.7. The second-order valence-corrected chi connectivity index (χ2v) is 18.2. The van der Waals surface area contributed by atoms with Crippen LogP contribution < -0.4 is 29.6 Å². The van der Waals surface area contributed by atoms with Crippen LogP contribution in [-0.2, 0) is 25.5 Å². The summed E-state index contributed by atoms with van der Waals surface area (Å²) in [4.78, 5) is 42.3. The van der Waals surface area contributed by atoms with Crippen LogP contribution in [0.1, 0.15) is 154 Å². The molecule has 3 N–H and O–H groups in total. The zero-order valence-corrected chi connectivity index (χ0v) is 36.7. The lowest BCUT2D eigenvalue weighted by Gasteiger charge is -2.59. The molecule has 2 aromatic rings. The number of unbranched alkanes of at least 4 members (excludes halogenated alkanes) is 12. The molecule has 1 amide bonds. The maximum Gasteiger partial charge on any atom is 0.329 e. The van der Waals surface area contributed by atoms with Crippen LogP contribution in [0.2, 0.25) is 0 Å². The first-order chi connectivity index (χ1) is 29.1. The van der Waals surface area contributed by atoms with Crippen LogP contribution in [0.4, 0.5) is 0 Å². The highest BCUT2D eigenvalue weighted by Gasteiger charge is 2.59. The molecule has 13 nitrogen and oxygen atoms in total. The normalized spacial score (nSPS) is 25.0. The minimum absolute atomic E-state index is 0.0313. The van der Waals surface area contributed by atoms with Crippen molar-refractivity contribution in [1.29, 1.82) is 5.26 Å². The van der Waals surface area contributed by atoms with Crippen molar-refractivity contribution in [2.24, 2.45) is 0 Å². The predicted molar refractivity (Wildman–Crippen MR) is 228 cm³/mol. The third-order valence-electron chi connectivity index (χ3n) is 13.0. The van der Waals surface area contributed by atoms with E-state index in [9.17, 15) is 24.8 Å². The summed E-state index contributed by atoms with van der Waals surface area (Å²) in [5.74, 6) is 0.500. The molecule has 8 rings (SSSR count). The minimum atomic E-state index is -0.946. The molecule has 7 atom stereocenters. The molecular weight excluding hydrogens is 785 g/mol. The number of amides is 1. The summed E-state index contributed by atoms with van der Waals surface area (Å²) < 4.78 is 30.0. The monoisotopic (exact) mass is 846 g/mol. The number of nitriles is 1. The maximum absolute atomic E-state index is 13.9. The van der Waals surface area contributed by atoms with E-state index in [-0.39, 0.29) is 36.9 Å². The van der Waals surface area contributed by atoms with Crippen molar-refractivity contribution in [1.82, 2.24) is 15.5 Å². The number of fused-ring (bicyclic) bond motifs is 10. The molecule has 2 aromatic carbocycles. The number of nitrogens with zero attached hydrogens (tertiary/aromatic N) is 2. The number of hydrogen-bond donors (Lipinski definition) is 3. The number of benzene rings is 2. The molecule has 6 aliphatic rings. The van der Waals surface area contributed by atoms with Crippen molar-refractivity contribution in [2.75, 3.05) is 26.3 Å². The minimum Gasteiger partial charge on any atom is -0.504 e. The Balaban J connectivity index is 1.14. The Kier molecular flexibility index (Phi) is 14.4. The number of carbonyl (C=O) groups is 3. The number of aryl methyl sites for hydroxylation is 1. The first-order valence-electron chi connectivity index (χ1n) is 22.1. The van der Waals surface area contributed by atoms with E-state index in [4.69, 9.17) is 23.7 Å². The van der Waals surface area contributed by atoms with Gasteiger partial charge >= 0.3 is 11.9 Å². The van der Waals surface area contributed by atoms with E-state index in [0.29, 0.717) is 58.1 Å². The average Bonchev–Trinajstić information content (AvgIpc) is 3.72. The third-order valence-corrected chi connectivity index (χ3v) is 14.4. The Morgan fingerprint density at radius 1 is 0.967 bits per heavy atom. The molecular formula is C46H62N4O9S. The summed E-state index contributed by atoms with van der Waals surface area (Å²) in [5, 5.41) is 29.0. The van der Waals surface area contributed by atoms with Crippen molar-refractivity contribution in [3.05, 3.63) is 39.4 Å². The molecule has 14 heteroatoms. The van der Waals surface area contributed by atoms with Gasteiger partial charge in [-0.15, -0.1) is 11.8 Å². The number of methoxy groups -OCH3 is 1. The highest BCUT2D eigenvalue weighted by molar-refractivity contribution is 7.99. The molecule has 6 aliphatic heterocycles. The highest BCUT2D eigenvalue weighted by atomic mass is 32.2. The molecule has 0 saturated carbocycles. The number of phenolic OH excluding ortho intramolecular Hbond substituents is 1. The van der Waals surface area contributed by atoms with Crippen molar-refractivity contribution in [3.63, 3.8) is 0 Å².